The van der Waals surface area contributed by atoms with Gasteiger partial charge in [-0.3, -0.25) is 4.72 Å². The molecule has 1 aromatic heterocycles. The average molecular weight is 266 g/mol. The number of nitrogens with one attached hydrogen (secondary N) is 1. The van der Waals surface area contributed by atoms with Gasteiger partial charge >= 0.3 is 0 Å². The van der Waals surface area contributed by atoms with Crippen molar-refractivity contribution in [3.8, 4) is 0 Å². The van der Waals surface area contributed by atoms with Crippen molar-refractivity contribution in [2.45, 2.75) is 19.8 Å². The number of unbranched alkanes of at least 4 members (excludes halogenated alkanes) is 1. The van der Waals surface area contributed by atoms with E-state index in [1.165, 1.54) is 0 Å². The van der Waals surface area contributed by atoms with Gasteiger partial charge in [0.05, 0.1) is 5.75 Å². The van der Waals surface area contributed by atoms with Gasteiger partial charge in [-0.1, -0.05) is 13.3 Å². The fraction of sp³-hybridized carbons (Fsp3) is 0.385. The number of hydrogen-bond acceptors (Lipinski definition) is 2. The van der Waals surface area contributed by atoms with Gasteiger partial charge in [0.2, 0.25) is 10.0 Å². The topological polar surface area (TPSA) is 51.1 Å². The average Bonchev–Trinajstić information content (AvgIpc) is 2.68. The van der Waals surface area contributed by atoms with Crippen molar-refractivity contribution in [3.05, 3.63) is 30.5 Å². The summed E-state index contributed by atoms with van der Waals surface area (Å²) < 4.78 is 28.2. The molecular formula is C13H18N2O2S. The Labute approximate surface area is 108 Å². The van der Waals surface area contributed by atoms with E-state index < -0.39 is 10.0 Å². The van der Waals surface area contributed by atoms with E-state index in [4.69, 9.17) is 0 Å². The number of anilines is 1. The van der Waals surface area contributed by atoms with Crippen molar-refractivity contribution in [1.82, 2.24) is 4.57 Å². The molecule has 1 aromatic carbocycles. The van der Waals surface area contributed by atoms with Crippen molar-refractivity contribution < 1.29 is 8.42 Å². The van der Waals surface area contributed by atoms with Gasteiger partial charge in [0, 0.05) is 29.8 Å². The van der Waals surface area contributed by atoms with E-state index in [-0.39, 0.29) is 5.75 Å². The van der Waals surface area contributed by atoms with E-state index in [1.807, 2.05) is 42.9 Å². The lowest BCUT2D eigenvalue weighted by Gasteiger charge is -2.07. The second kappa shape index (κ2) is 5.02. The third-order valence-corrected chi connectivity index (χ3v) is 4.30. The quantitative estimate of drug-likeness (QED) is 0.904. The molecule has 0 bridgehead atoms. The zero-order valence-corrected chi connectivity index (χ0v) is 11.5. The maximum Gasteiger partial charge on any atom is 0.232 e. The maximum atomic E-state index is 11.8. The monoisotopic (exact) mass is 266 g/mol. The summed E-state index contributed by atoms with van der Waals surface area (Å²) in [7, 11) is -1.25. The summed E-state index contributed by atoms with van der Waals surface area (Å²) in [6.07, 6.45) is 3.52. The van der Waals surface area contributed by atoms with Crippen molar-refractivity contribution in [2.75, 3.05) is 10.5 Å². The SMILES string of the molecule is CCCCS(=O)(=O)Nc1ccc2c(ccn2C)c1. The Bertz CT molecular complexity index is 644. The molecule has 4 nitrogen and oxygen atoms in total. The van der Waals surface area contributed by atoms with Crippen LogP contribution in [0.15, 0.2) is 30.5 Å². The van der Waals surface area contributed by atoms with Crippen LogP contribution in [0.1, 0.15) is 19.8 Å². The molecule has 5 heteroatoms. The first-order valence-electron chi connectivity index (χ1n) is 6.07. The van der Waals surface area contributed by atoms with Gasteiger partial charge in [-0.25, -0.2) is 8.42 Å². The van der Waals surface area contributed by atoms with Crippen molar-refractivity contribution >= 4 is 26.6 Å². The minimum atomic E-state index is -3.22. The van der Waals surface area contributed by atoms with Gasteiger partial charge in [0.25, 0.3) is 0 Å². The lowest BCUT2D eigenvalue weighted by molar-refractivity contribution is 0.598. The Hall–Kier alpha value is -1.49. The fourth-order valence-electron chi connectivity index (χ4n) is 1.91. The highest BCUT2D eigenvalue weighted by molar-refractivity contribution is 7.92. The first-order chi connectivity index (χ1) is 8.52. The summed E-state index contributed by atoms with van der Waals surface area (Å²) in [5, 5.41) is 1.04. The van der Waals surface area contributed by atoms with Gasteiger partial charge in [-0.2, -0.15) is 0 Å². The highest BCUT2D eigenvalue weighted by Crippen LogP contribution is 2.20. The van der Waals surface area contributed by atoms with E-state index >= 15 is 0 Å². The van der Waals surface area contributed by atoms with E-state index in [9.17, 15) is 8.42 Å². The molecule has 0 aliphatic rings. The summed E-state index contributed by atoms with van der Waals surface area (Å²) >= 11 is 0. The Morgan fingerprint density at radius 2 is 2.06 bits per heavy atom. The molecule has 0 radical (unpaired) electrons. The van der Waals surface area contributed by atoms with Crippen LogP contribution in [0, 0.1) is 0 Å². The molecule has 18 heavy (non-hydrogen) atoms. The number of aryl methyl sites for hydroxylation is 1. The third kappa shape index (κ3) is 2.85. The first-order valence-corrected chi connectivity index (χ1v) is 7.72. The molecule has 1 heterocycles. The maximum absolute atomic E-state index is 11.8. The third-order valence-electron chi connectivity index (χ3n) is 2.93. The zero-order chi connectivity index (χ0) is 13.2. The number of nitrogens with zero attached hydrogens (tertiary/aromatic N) is 1. The van der Waals surface area contributed by atoms with Crippen LogP contribution in [-0.2, 0) is 17.1 Å². The standard InChI is InChI=1S/C13H18N2O2S/c1-3-4-9-18(16,17)14-12-5-6-13-11(10-12)7-8-15(13)2/h5-8,10,14H,3-4,9H2,1-2H3. The van der Waals surface area contributed by atoms with Crippen LogP contribution in [0.3, 0.4) is 0 Å². The second-order valence-corrected chi connectivity index (χ2v) is 6.32. The van der Waals surface area contributed by atoms with Crippen LogP contribution in [0.4, 0.5) is 5.69 Å². The predicted octanol–water partition coefficient (Wildman–Crippen LogP) is 2.72. The molecule has 0 saturated heterocycles. The number of fused-ring (bicyclic) bond motifs is 1. The van der Waals surface area contributed by atoms with Crippen LogP contribution in [0.5, 0.6) is 0 Å². The highest BCUT2D eigenvalue weighted by Gasteiger charge is 2.10. The molecule has 0 aliphatic heterocycles. The van der Waals surface area contributed by atoms with Crippen molar-refractivity contribution in [2.24, 2.45) is 7.05 Å². The number of benzene rings is 1. The smallest absolute Gasteiger partial charge is 0.232 e. The van der Waals surface area contributed by atoms with Gasteiger partial charge in [0.15, 0.2) is 0 Å². The van der Waals surface area contributed by atoms with Crippen LogP contribution < -0.4 is 4.72 Å². The molecule has 0 fully saturated rings. The van der Waals surface area contributed by atoms with E-state index in [1.54, 1.807) is 6.07 Å². The number of hydrogen-bond donors (Lipinski definition) is 1. The molecular weight excluding hydrogens is 248 g/mol. The molecule has 1 N–H and O–H groups in total. The van der Waals surface area contributed by atoms with E-state index in [0.717, 1.165) is 17.3 Å². The minimum absolute atomic E-state index is 0.177. The molecule has 0 unspecified atom stereocenters. The first kappa shape index (κ1) is 13.0. The number of aromatic nitrogens is 1. The summed E-state index contributed by atoms with van der Waals surface area (Å²) in [6, 6.07) is 7.55. The lowest BCUT2D eigenvalue weighted by atomic mass is 10.2. The molecule has 0 aliphatic carbocycles. The summed E-state index contributed by atoms with van der Waals surface area (Å²) in [5.41, 5.74) is 1.72. The van der Waals surface area contributed by atoms with Gasteiger partial charge in [-0.15, -0.1) is 0 Å². The Morgan fingerprint density at radius 1 is 1.28 bits per heavy atom. The van der Waals surface area contributed by atoms with Crippen molar-refractivity contribution in [1.29, 1.82) is 0 Å². The Morgan fingerprint density at radius 3 is 2.78 bits per heavy atom. The summed E-state index contributed by atoms with van der Waals surface area (Å²) in [5.74, 6) is 0.177. The van der Waals surface area contributed by atoms with Gasteiger partial charge < -0.3 is 4.57 Å². The van der Waals surface area contributed by atoms with Crippen LogP contribution in [0.2, 0.25) is 0 Å². The molecule has 2 rings (SSSR count). The van der Waals surface area contributed by atoms with Crippen LogP contribution >= 0.6 is 0 Å². The molecule has 0 amide bonds. The van der Waals surface area contributed by atoms with Crippen molar-refractivity contribution in [3.63, 3.8) is 0 Å². The highest BCUT2D eigenvalue weighted by atomic mass is 32.2. The molecule has 0 atom stereocenters. The molecule has 0 spiro atoms. The van der Waals surface area contributed by atoms with E-state index in [0.29, 0.717) is 12.1 Å². The number of sulfonamides is 1. The second-order valence-electron chi connectivity index (χ2n) is 4.47. The zero-order valence-electron chi connectivity index (χ0n) is 10.7. The van der Waals surface area contributed by atoms with E-state index in [2.05, 4.69) is 4.72 Å². The predicted molar refractivity (Wildman–Crippen MR) is 75.2 cm³/mol. The molecule has 0 saturated carbocycles. The van der Waals surface area contributed by atoms with Crippen LogP contribution in [0.25, 0.3) is 10.9 Å². The Kier molecular flexibility index (Phi) is 3.61. The molecule has 2 aromatic rings. The largest absolute Gasteiger partial charge is 0.351 e. The lowest BCUT2D eigenvalue weighted by Crippen LogP contribution is -2.16. The molecule has 98 valence electrons. The number of rotatable bonds is 5. The van der Waals surface area contributed by atoms with Gasteiger partial charge in [0.1, 0.15) is 0 Å². The van der Waals surface area contributed by atoms with Crippen LogP contribution in [-0.4, -0.2) is 18.7 Å². The summed E-state index contributed by atoms with van der Waals surface area (Å²) in [6.45, 7) is 1.98. The normalized spacial score (nSPS) is 11.9. The minimum Gasteiger partial charge on any atom is -0.351 e. The van der Waals surface area contributed by atoms with Gasteiger partial charge in [-0.05, 0) is 30.7 Å². The summed E-state index contributed by atoms with van der Waals surface area (Å²) in [4.78, 5) is 0. The fourth-order valence-corrected chi connectivity index (χ4v) is 3.17. The Balaban J connectivity index is 2.22.